The molecule has 15 heavy (non-hydrogen) atoms. The van der Waals surface area contributed by atoms with Crippen molar-refractivity contribution in [3.63, 3.8) is 0 Å². The zero-order valence-corrected chi connectivity index (χ0v) is 10.1. The highest BCUT2D eigenvalue weighted by Gasteiger charge is 2.15. The third-order valence-electron chi connectivity index (χ3n) is 1.76. The lowest BCUT2D eigenvalue weighted by Crippen LogP contribution is -2.19. The summed E-state index contributed by atoms with van der Waals surface area (Å²) in [6, 6.07) is -0.182. The Labute approximate surface area is 90.9 Å². The SMILES string of the molecule is CCOC(=O)CC(C)/N=N/C(C)(C)OC. The van der Waals surface area contributed by atoms with Gasteiger partial charge in [0, 0.05) is 7.11 Å². The predicted molar refractivity (Wildman–Crippen MR) is 56.7 cm³/mol. The second-order valence-corrected chi connectivity index (χ2v) is 3.72. The number of nitrogens with zero attached hydrogens (tertiary/aromatic N) is 2. The van der Waals surface area contributed by atoms with Gasteiger partial charge in [-0.2, -0.15) is 10.2 Å². The van der Waals surface area contributed by atoms with E-state index in [1.165, 1.54) is 0 Å². The summed E-state index contributed by atoms with van der Waals surface area (Å²) in [5.41, 5.74) is -0.636. The van der Waals surface area contributed by atoms with Crippen LogP contribution in [0, 0.1) is 0 Å². The molecule has 0 aliphatic carbocycles. The van der Waals surface area contributed by atoms with Gasteiger partial charge in [-0.05, 0) is 27.7 Å². The molecular formula is C10H20N2O3. The Morgan fingerprint density at radius 2 is 2.07 bits per heavy atom. The van der Waals surface area contributed by atoms with Crippen LogP contribution in [0.15, 0.2) is 10.2 Å². The maximum absolute atomic E-state index is 11.1. The largest absolute Gasteiger partial charge is 0.466 e. The van der Waals surface area contributed by atoms with Crippen LogP contribution in [0.2, 0.25) is 0 Å². The van der Waals surface area contributed by atoms with Crippen LogP contribution in [-0.4, -0.2) is 31.5 Å². The molecule has 0 aromatic heterocycles. The fraction of sp³-hybridized carbons (Fsp3) is 0.900. The van der Waals surface area contributed by atoms with Crippen LogP contribution in [0.3, 0.4) is 0 Å². The highest BCUT2D eigenvalue weighted by atomic mass is 16.5. The number of carbonyl (C=O) groups is 1. The Balaban J connectivity index is 4.03. The maximum Gasteiger partial charge on any atom is 0.308 e. The van der Waals surface area contributed by atoms with Crippen LogP contribution < -0.4 is 0 Å². The monoisotopic (exact) mass is 216 g/mol. The molecule has 0 heterocycles. The molecule has 5 nitrogen and oxygen atoms in total. The molecular weight excluding hydrogens is 196 g/mol. The van der Waals surface area contributed by atoms with Crippen molar-refractivity contribution in [3.8, 4) is 0 Å². The first-order valence-electron chi connectivity index (χ1n) is 5.04. The minimum atomic E-state index is -0.636. The van der Waals surface area contributed by atoms with Gasteiger partial charge in [0.05, 0.1) is 19.1 Å². The second kappa shape index (κ2) is 6.50. The molecule has 88 valence electrons. The first-order valence-corrected chi connectivity index (χ1v) is 5.04. The van der Waals surface area contributed by atoms with Crippen molar-refractivity contribution in [3.05, 3.63) is 0 Å². The topological polar surface area (TPSA) is 60.2 Å². The fourth-order valence-electron chi connectivity index (χ4n) is 0.780. The lowest BCUT2D eigenvalue weighted by atomic mass is 10.2. The van der Waals surface area contributed by atoms with E-state index in [0.717, 1.165) is 0 Å². The molecule has 0 spiro atoms. The highest BCUT2D eigenvalue weighted by molar-refractivity contribution is 5.69. The lowest BCUT2D eigenvalue weighted by Gasteiger charge is -2.16. The van der Waals surface area contributed by atoms with E-state index < -0.39 is 5.72 Å². The zero-order valence-electron chi connectivity index (χ0n) is 10.1. The molecule has 0 amide bonds. The minimum absolute atomic E-state index is 0.182. The first kappa shape index (κ1) is 14.0. The highest BCUT2D eigenvalue weighted by Crippen LogP contribution is 2.11. The minimum Gasteiger partial charge on any atom is -0.466 e. The average Bonchev–Trinajstić information content (AvgIpc) is 2.15. The fourth-order valence-corrected chi connectivity index (χ4v) is 0.780. The van der Waals surface area contributed by atoms with Gasteiger partial charge in [0.1, 0.15) is 0 Å². The second-order valence-electron chi connectivity index (χ2n) is 3.72. The summed E-state index contributed by atoms with van der Waals surface area (Å²) in [7, 11) is 1.56. The van der Waals surface area contributed by atoms with E-state index in [0.29, 0.717) is 6.61 Å². The van der Waals surface area contributed by atoms with Crippen molar-refractivity contribution in [2.75, 3.05) is 13.7 Å². The van der Waals surface area contributed by atoms with Crippen molar-refractivity contribution in [1.82, 2.24) is 0 Å². The normalized spacial score (nSPS) is 14.2. The summed E-state index contributed by atoms with van der Waals surface area (Å²) < 4.78 is 9.86. The maximum atomic E-state index is 11.1. The van der Waals surface area contributed by atoms with Gasteiger partial charge in [0.2, 0.25) is 0 Å². The predicted octanol–water partition coefficient (Wildman–Crippen LogP) is 2.16. The van der Waals surface area contributed by atoms with Gasteiger partial charge in [-0.15, -0.1) is 0 Å². The molecule has 0 aliphatic rings. The number of methoxy groups -OCH3 is 1. The van der Waals surface area contributed by atoms with Crippen LogP contribution >= 0.6 is 0 Å². The Morgan fingerprint density at radius 1 is 1.47 bits per heavy atom. The van der Waals surface area contributed by atoms with E-state index in [9.17, 15) is 4.79 Å². The first-order chi connectivity index (χ1) is 6.91. The number of ether oxygens (including phenoxy) is 2. The molecule has 0 aliphatic heterocycles. The molecule has 0 fully saturated rings. The zero-order chi connectivity index (χ0) is 11.9. The number of hydrogen-bond acceptors (Lipinski definition) is 5. The van der Waals surface area contributed by atoms with E-state index in [2.05, 4.69) is 10.2 Å². The summed E-state index contributed by atoms with van der Waals surface area (Å²) in [5.74, 6) is -0.251. The third kappa shape index (κ3) is 7.02. The number of esters is 1. The van der Waals surface area contributed by atoms with Gasteiger partial charge >= 0.3 is 5.97 Å². The molecule has 0 saturated carbocycles. The molecule has 0 saturated heterocycles. The van der Waals surface area contributed by atoms with Crippen molar-refractivity contribution in [2.24, 2.45) is 10.2 Å². The Hall–Kier alpha value is -0.970. The summed E-state index contributed by atoms with van der Waals surface area (Å²) in [4.78, 5) is 11.1. The summed E-state index contributed by atoms with van der Waals surface area (Å²) >= 11 is 0. The van der Waals surface area contributed by atoms with E-state index in [1.54, 1.807) is 27.9 Å². The summed E-state index contributed by atoms with van der Waals surface area (Å²) in [5, 5.41) is 7.97. The molecule has 1 unspecified atom stereocenters. The van der Waals surface area contributed by atoms with Gasteiger partial charge < -0.3 is 9.47 Å². The summed E-state index contributed by atoms with van der Waals surface area (Å²) in [6.45, 7) is 7.58. The van der Waals surface area contributed by atoms with Crippen molar-refractivity contribution < 1.29 is 14.3 Å². The molecule has 0 radical (unpaired) electrons. The van der Waals surface area contributed by atoms with Crippen molar-refractivity contribution in [2.45, 2.75) is 45.9 Å². The molecule has 0 rings (SSSR count). The Bertz CT molecular complexity index is 227. The lowest BCUT2D eigenvalue weighted by molar-refractivity contribution is -0.143. The number of rotatable bonds is 6. The smallest absolute Gasteiger partial charge is 0.308 e. The van der Waals surface area contributed by atoms with Gasteiger partial charge in [-0.3, -0.25) is 4.79 Å². The standard InChI is InChI=1S/C10H20N2O3/c1-6-15-9(13)7-8(2)11-12-10(3,4)14-5/h8H,6-7H2,1-5H3/b12-11+. The van der Waals surface area contributed by atoms with Crippen molar-refractivity contribution >= 4 is 5.97 Å². The Morgan fingerprint density at radius 3 is 2.53 bits per heavy atom. The van der Waals surface area contributed by atoms with Gasteiger partial charge in [0.15, 0.2) is 5.72 Å². The molecule has 0 aromatic carbocycles. The van der Waals surface area contributed by atoms with Gasteiger partial charge in [-0.1, -0.05) is 0 Å². The summed E-state index contributed by atoms with van der Waals surface area (Å²) in [6.07, 6.45) is 0.247. The van der Waals surface area contributed by atoms with Crippen LogP contribution in [0.4, 0.5) is 0 Å². The molecule has 0 aromatic rings. The molecule has 0 N–H and O–H groups in total. The van der Waals surface area contributed by atoms with Crippen LogP contribution in [-0.2, 0) is 14.3 Å². The van der Waals surface area contributed by atoms with Gasteiger partial charge in [0.25, 0.3) is 0 Å². The number of azo groups is 1. The van der Waals surface area contributed by atoms with Crippen LogP contribution in [0.25, 0.3) is 0 Å². The third-order valence-corrected chi connectivity index (χ3v) is 1.76. The van der Waals surface area contributed by atoms with Gasteiger partial charge in [-0.25, -0.2) is 0 Å². The van der Waals surface area contributed by atoms with E-state index in [-0.39, 0.29) is 18.4 Å². The van der Waals surface area contributed by atoms with Crippen LogP contribution in [0.1, 0.15) is 34.1 Å². The van der Waals surface area contributed by atoms with Crippen molar-refractivity contribution in [1.29, 1.82) is 0 Å². The molecule has 1 atom stereocenters. The quantitative estimate of drug-likeness (QED) is 0.505. The number of hydrogen-bond donors (Lipinski definition) is 0. The molecule has 0 bridgehead atoms. The molecule has 5 heteroatoms. The Kier molecular flexibility index (Phi) is 6.08. The van der Waals surface area contributed by atoms with E-state index >= 15 is 0 Å². The van der Waals surface area contributed by atoms with E-state index in [1.807, 2.05) is 6.92 Å². The number of carbonyl (C=O) groups excluding carboxylic acids is 1. The average molecular weight is 216 g/mol. The van der Waals surface area contributed by atoms with Crippen LogP contribution in [0.5, 0.6) is 0 Å². The van der Waals surface area contributed by atoms with E-state index in [4.69, 9.17) is 9.47 Å².